The number of halogens is 1. The molecule has 0 fully saturated rings. The van der Waals surface area contributed by atoms with Gasteiger partial charge in [0.2, 0.25) is 0 Å². The Balaban J connectivity index is 1.73. The first-order chi connectivity index (χ1) is 15.1. The summed E-state index contributed by atoms with van der Waals surface area (Å²) in [6, 6.07) is 23.1. The number of hydrogen-bond donors (Lipinski definition) is 0. The van der Waals surface area contributed by atoms with E-state index in [0.29, 0.717) is 11.3 Å². The first kappa shape index (κ1) is 20.7. The number of nitrogens with zero attached hydrogens (tertiary/aromatic N) is 3. The van der Waals surface area contributed by atoms with Crippen molar-refractivity contribution < 1.29 is 9.31 Å². The zero-order valence-electron chi connectivity index (χ0n) is 16.6. The fraction of sp³-hybridized carbons (Fsp3) is 0.125. The lowest BCUT2D eigenvalue weighted by molar-refractivity contribution is -0.384. The van der Waals surface area contributed by atoms with Gasteiger partial charge in [0.05, 0.1) is 10.6 Å². The molecule has 0 aliphatic heterocycles. The third-order valence-corrected chi connectivity index (χ3v) is 5.77. The molecule has 4 rings (SSSR count). The Morgan fingerprint density at radius 3 is 2.55 bits per heavy atom. The third kappa shape index (κ3) is 4.95. The number of hydrogen-bond acceptors (Lipinski definition) is 4. The summed E-state index contributed by atoms with van der Waals surface area (Å²) in [7, 11) is 0. The maximum absolute atomic E-state index is 14.2. The van der Waals surface area contributed by atoms with Crippen LogP contribution in [0.1, 0.15) is 12.0 Å². The van der Waals surface area contributed by atoms with Gasteiger partial charge in [0.25, 0.3) is 5.69 Å². The third-order valence-electron chi connectivity index (χ3n) is 4.91. The lowest BCUT2D eigenvalue weighted by Crippen LogP contribution is -2.16. The minimum absolute atomic E-state index is 0.0344. The second-order valence-corrected chi connectivity index (χ2v) is 7.85. The van der Waals surface area contributed by atoms with Crippen molar-refractivity contribution in [1.82, 2.24) is 4.57 Å². The second-order valence-electron chi connectivity index (χ2n) is 7.01. The van der Waals surface area contributed by atoms with E-state index in [9.17, 15) is 14.5 Å². The van der Waals surface area contributed by atoms with Crippen LogP contribution in [-0.4, -0.2) is 9.49 Å². The summed E-state index contributed by atoms with van der Waals surface area (Å²) in [4.78, 5) is 16.0. The van der Waals surface area contributed by atoms with Crippen LogP contribution in [0.25, 0.3) is 11.3 Å². The molecule has 1 heterocycles. The Morgan fingerprint density at radius 1 is 1.00 bits per heavy atom. The molecule has 31 heavy (non-hydrogen) atoms. The second kappa shape index (κ2) is 9.49. The number of non-ortho nitro benzene ring substituents is 1. The molecule has 3 aromatic carbocycles. The summed E-state index contributed by atoms with van der Waals surface area (Å²) in [6.07, 6.45) is 1.74. The molecule has 5 nitrogen and oxygen atoms in total. The summed E-state index contributed by atoms with van der Waals surface area (Å²) in [5, 5.41) is 13.1. The highest BCUT2D eigenvalue weighted by molar-refractivity contribution is 7.07. The monoisotopic (exact) mass is 433 g/mol. The van der Waals surface area contributed by atoms with Crippen molar-refractivity contribution in [2.75, 3.05) is 0 Å². The van der Waals surface area contributed by atoms with E-state index in [4.69, 9.17) is 0 Å². The number of nitro benzene ring substituents is 1. The van der Waals surface area contributed by atoms with E-state index in [-0.39, 0.29) is 17.2 Å². The topological polar surface area (TPSA) is 60.4 Å². The number of aryl methyl sites for hydroxylation is 1. The van der Waals surface area contributed by atoms with Crippen LogP contribution in [0.4, 0.5) is 15.8 Å². The summed E-state index contributed by atoms with van der Waals surface area (Å²) in [5.74, 6) is -0.386. The van der Waals surface area contributed by atoms with Gasteiger partial charge >= 0.3 is 0 Å². The molecule has 0 aliphatic carbocycles. The Kier molecular flexibility index (Phi) is 6.33. The normalized spacial score (nSPS) is 11.6. The molecule has 0 saturated carbocycles. The summed E-state index contributed by atoms with van der Waals surface area (Å²) >= 11 is 1.39. The van der Waals surface area contributed by atoms with Gasteiger partial charge in [-0.2, -0.15) is 0 Å². The molecule has 0 bridgehead atoms. The zero-order chi connectivity index (χ0) is 21.6. The van der Waals surface area contributed by atoms with Crippen molar-refractivity contribution in [3.8, 4) is 11.3 Å². The molecule has 4 aromatic rings. The number of benzene rings is 3. The molecular weight excluding hydrogens is 413 g/mol. The van der Waals surface area contributed by atoms with Crippen LogP contribution < -0.4 is 4.80 Å². The van der Waals surface area contributed by atoms with Gasteiger partial charge in [-0.25, -0.2) is 9.38 Å². The zero-order valence-corrected chi connectivity index (χ0v) is 17.5. The minimum atomic E-state index is -0.403. The van der Waals surface area contributed by atoms with Crippen molar-refractivity contribution >= 4 is 22.7 Å². The first-order valence-corrected chi connectivity index (χ1v) is 10.8. The van der Waals surface area contributed by atoms with E-state index in [2.05, 4.69) is 17.1 Å². The molecule has 0 unspecified atom stereocenters. The first-order valence-electron chi connectivity index (χ1n) is 9.88. The maximum atomic E-state index is 14.2. The van der Waals surface area contributed by atoms with E-state index in [1.807, 2.05) is 34.2 Å². The molecule has 0 amide bonds. The lowest BCUT2D eigenvalue weighted by atomic mass is 10.1. The fourth-order valence-corrected chi connectivity index (χ4v) is 4.32. The highest BCUT2D eigenvalue weighted by Gasteiger charge is 2.13. The lowest BCUT2D eigenvalue weighted by Gasteiger charge is -2.10. The standard InChI is InChI=1S/C24H20FN3O2S/c25-21-13-4-5-14-22(21)26-24-27(15-7-10-18-8-2-1-3-9-18)23(17-31-24)19-11-6-12-20(16-19)28(29)30/h1-6,8-9,11-14,16-17H,7,10,15H2. The van der Waals surface area contributed by atoms with Gasteiger partial charge in [0, 0.05) is 29.6 Å². The molecule has 0 saturated heterocycles. The van der Waals surface area contributed by atoms with Gasteiger partial charge in [0.1, 0.15) is 11.5 Å². The van der Waals surface area contributed by atoms with Crippen LogP contribution in [0.3, 0.4) is 0 Å². The smallest absolute Gasteiger partial charge is 0.270 e. The predicted molar refractivity (Wildman–Crippen MR) is 121 cm³/mol. The van der Waals surface area contributed by atoms with Gasteiger partial charge in [-0.3, -0.25) is 10.1 Å². The quantitative estimate of drug-likeness (QED) is 0.260. The van der Waals surface area contributed by atoms with Crippen LogP contribution in [-0.2, 0) is 13.0 Å². The molecule has 156 valence electrons. The van der Waals surface area contributed by atoms with Crippen molar-refractivity contribution in [3.63, 3.8) is 0 Å². The molecule has 0 N–H and O–H groups in total. The largest absolute Gasteiger partial charge is 0.316 e. The highest BCUT2D eigenvalue weighted by Crippen LogP contribution is 2.25. The van der Waals surface area contributed by atoms with Crippen LogP contribution in [0.2, 0.25) is 0 Å². The average Bonchev–Trinajstić information content (AvgIpc) is 3.18. The van der Waals surface area contributed by atoms with Crippen LogP contribution >= 0.6 is 11.3 Å². The van der Waals surface area contributed by atoms with Gasteiger partial charge in [-0.15, -0.1) is 11.3 Å². The predicted octanol–water partition coefficient (Wildman–Crippen LogP) is 6.13. The van der Waals surface area contributed by atoms with Crippen LogP contribution in [0, 0.1) is 15.9 Å². The van der Waals surface area contributed by atoms with E-state index in [1.165, 1.54) is 29.0 Å². The number of thiazole rings is 1. The molecule has 0 atom stereocenters. The molecular formula is C24H20FN3O2S. The van der Waals surface area contributed by atoms with Crippen LogP contribution in [0.15, 0.2) is 89.2 Å². The highest BCUT2D eigenvalue weighted by atomic mass is 32.1. The van der Waals surface area contributed by atoms with Gasteiger partial charge in [-0.1, -0.05) is 54.6 Å². The fourth-order valence-electron chi connectivity index (χ4n) is 3.38. The molecule has 0 radical (unpaired) electrons. The number of rotatable bonds is 7. The summed E-state index contributed by atoms with van der Waals surface area (Å²) in [6.45, 7) is 0.656. The van der Waals surface area contributed by atoms with Crippen molar-refractivity contribution in [3.05, 3.63) is 111 Å². The Morgan fingerprint density at radius 2 is 1.77 bits per heavy atom. The number of para-hydroxylation sites is 1. The SMILES string of the molecule is O=[N+]([O-])c1cccc(-c2csc(=Nc3ccccc3F)n2CCCc2ccccc2)c1. The van der Waals surface area contributed by atoms with E-state index in [1.54, 1.807) is 30.3 Å². The molecule has 0 spiro atoms. The number of nitro groups is 1. The minimum Gasteiger partial charge on any atom is -0.316 e. The Bertz CT molecular complexity index is 1270. The molecule has 0 aliphatic rings. The Hall–Kier alpha value is -3.58. The number of aromatic nitrogens is 1. The molecule has 7 heteroatoms. The van der Waals surface area contributed by atoms with E-state index in [0.717, 1.165) is 24.1 Å². The van der Waals surface area contributed by atoms with Gasteiger partial charge in [-0.05, 0) is 30.5 Å². The van der Waals surface area contributed by atoms with Gasteiger partial charge in [0.15, 0.2) is 4.80 Å². The van der Waals surface area contributed by atoms with Crippen molar-refractivity contribution in [2.45, 2.75) is 19.4 Å². The van der Waals surface area contributed by atoms with Gasteiger partial charge < -0.3 is 4.57 Å². The maximum Gasteiger partial charge on any atom is 0.270 e. The summed E-state index contributed by atoms with van der Waals surface area (Å²) < 4.78 is 16.2. The molecule has 1 aromatic heterocycles. The van der Waals surface area contributed by atoms with Crippen molar-refractivity contribution in [2.24, 2.45) is 4.99 Å². The van der Waals surface area contributed by atoms with E-state index >= 15 is 0 Å². The van der Waals surface area contributed by atoms with Crippen molar-refractivity contribution in [1.29, 1.82) is 0 Å². The average molecular weight is 434 g/mol. The Labute approximate surface area is 182 Å². The van der Waals surface area contributed by atoms with E-state index < -0.39 is 4.92 Å². The van der Waals surface area contributed by atoms with Crippen LogP contribution in [0.5, 0.6) is 0 Å². The summed E-state index contributed by atoms with van der Waals surface area (Å²) in [5.41, 5.74) is 3.11.